The van der Waals surface area contributed by atoms with E-state index in [1.54, 1.807) is 13.2 Å². The lowest BCUT2D eigenvalue weighted by Gasteiger charge is -2.22. The van der Waals surface area contributed by atoms with Gasteiger partial charge in [0.05, 0.1) is 7.11 Å². The zero-order chi connectivity index (χ0) is 14.9. The molecule has 1 heterocycles. The van der Waals surface area contributed by atoms with Gasteiger partial charge in [0.1, 0.15) is 11.6 Å². The van der Waals surface area contributed by atoms with Gasteiger partial charge in [-0.05, 0) is 49.5 Å². The van der Waals surface area contributed by atoms with Crippen molar-refractivity contribution in [3.05, 3.63) is 29.1 Å². The van der Waals surface area contributed by atoms with Crippen molar-refractivity contribution in [2.75, 3.05) is 27.2 Å². The number of methoxy groups -OCH3 is 1. The molecule has 2 unspecified atom stereocenters. The van der Waals surface area contributed by atoms with Crippen LogP contribution >= 0.6 is 0 Å². The summed E-state index contributed by atoms with van der Waals surface area (Å²) in [5, 5.41) is 0. The summed E-state index contributed by atoms with van der Waals surface area (Å²) in [5.74, 6) is 1.08. The molecule has 112 valence electrons. The lowest BCUT2D eigenvalue weighted by Crippen LogP contribution is -2.20. The fourth-order valence-corrected chi connectivity index (χ4v) is 3.20. The fraction of sp³-hybridized carbons (Fsp3) is 0.625. The van der Waals surface area contributed by atoms with Crippen LogP contribution in [0, 0.1) is 11.7 Å². The highest BCUT2D eigenvalue weighted by molar-refractivity contribution is 5.42. The maximum atomic E-state index is 14.4. The van der Waals surface area contributed by atoms with Crippen LogP contribution in [0.4, 0.5) is 4.39 Å². The standard InChI is InChI=1S/C16H25FN2O/c1-10(2)16-13(17)6-12(7-15(16)20-4)14-5-11(8-18)9-19(14)3/h6-7,10-11,14H,5,8-9,18H2,1-4H3. The molecule has 2 atom stereocenters. The average Bonchev–Trinajstić information content (AvgIpc) is 2.78. The molecular formula is C16H25FN2O. The maximum Gasteiger partial charge on any atom is 0.130 e. The van der Waals surface area contributed by atoms with Crippen LogP contribution in [0.15, 0.2) is 12.1 Å². The largest absolute Gasteiger partial charge is 0.496 e. The van der Waals surface area contributed by atoms with Crippen molar-refractivity contribution >= 4 is 0 Å². The van der Waals surface area contributed by atoms with E-state index < -0.39 is 0 Å². The summed E-state index contributed by atoms with van der Waals surface area (Å²) in [6, 6.07) is 3.88. The first kappa shape index (κ1) is 15.3. The second-order valence-electron chi connectivity index (χ2n) is 6.07. The number of rotatable bonds is 4. The maximum absolute atomic E-state index is 14.4. The minimum absolute atomic E-state index is 0.108. The van der Waals surface area contributed by atoms with Gasteiger partial charge in [0.2, 0.25) is 0 Å². The summed E-state index contributed by atoms with van der Waals surface area (Å²) < 4.78 is 19.8. The summed E-state index contributed by atoms with van der Waals surface area (Å²) in [6.07, 6.45) is 0.983. The van der Waals surface area contributed by atoms with E-state index in [1.807, 2.05) is 19.9 Å². The number of halogens is 1. The molecule has 1 saturated heterocycles. The van der Waals surface area contributed by atoms with Crippen molar-refractivity contribution in [1.29, 1.82) is 0 Å². The second-order valence-corrected chi connectivity index (χ2v) is 6.07. The molecular weight excluding hydrogens is 255 g/mol. The molecule has 1 aromatic rings. The molecule has 1 fully saturated rings. The van der Waals surface area contributed by atoms with E-state index in [4.69, 9.17) is 10.5 Å². The lowest BCUT2D eigenvalue weighted by molar-refractivity contribution is 0.311. The van der Waals surface area contributed by atoms with E-state index in [0.717, 1.165) is 18.5 Å². The molecule has 0 amide bonds. The SMILES string of the molecule is COc1cc(C2CC(CN)CN2C)cc(F)c1C(C)C. The quantitative estimate of drug-likeness (QED) is 0.921. The first-order valence-electron chi connectivity index (χ1n) is 7.25. The Bertz CT molecular complexity index is 476. The molecule has 4 heteroatoms. The zero-order valence-electron chi connectivity index (χ0n) is 12.8. The van der Waals surface area contributed by atoms with Crippen LogP contribution in [0.2, 0.25) is 0 Å². The Morgan fingerprint density at radius 3 is 2.65 bits per heavy atom. The summed E-state index contributed by atoms with van der Waals surface area (Å²) >= 11 is 0. The van der Waals surface area contributed by atoms with Gasteiger partial charge < -0.3 is 10.5 Å². The summed E-state index contributed by atoms with van der Waals surface area (Å²) in [4.78, 5) is 2.25. The normalized spacial score (nSPS) is 23.6. The molecule has 20 heavy (non-hydrogen) atoms. The molecule has 1 aliphatic rings. The molecule has 2 rings (SSSR count). The molecule has 0 saturated carbocycles. The van der Waals surface area contributed by atoms with Gasteiger partial charge in [-0.25, -0.2) is 4.39 Å². The lowest BCUT2D eigenvalue weighted by atomic mass is 9.94. The minimum atomic E-state index is -0.168. The fourth-order valence-electron chi connectivity index (χ4n) is 3.20. The van der Waals surface area contributed by atoms with Crippen molar-refractivity contribution in [3.8, 4) is 5.75 Å². The van der Waals surface area contributed by atoms with Gasteiger partial charge in [0, 0.05) is 18.2 Å². The van der Waals surface area contributed by atoms with Crippen LogP contribution in [0.25, 0.3) is 0 Å². The summed E-state index contributed by atoms with van der Waals surface area (Å²) in [5.41, 5.74) is 7.41. The number of benzene rings is 1. The van der Waals surface area contributed by atoms with Crippen LogP contribution < -0.4 is 10.5 Å². The van der Waals surface area contributed by atoms with Gasteiger partial charge in [-0.1, -0.05) is 13.8 Å². The van der Waals surface area contributed by atoms with Crippen molar-refractivity contribution in [2.24, 2.45) is 11.7 Å². The number of ether oxygens (including phenoxy) is 1. The van der Waals surface area contributed by atoms with Crippen molar-refractivity contribution < 1.29 is 9.13 Å². The Hall–Kier alpha value is -1.13. The third kappa shape index (κ3) is 2.81. The van der Waals surface area contributed by atoms with Gasteiger partial charge in [-0.2, -0.15) is 0 Å². The third-order valence-corrected chi connectivity index (χ3v) is 4.26. The van der Waals surface area contributed by atoms with Gasteiger partial charge >= 0.3 is 0 Å². The van der Waals surface area contributed by atoms with Gasteiger partial charge in [0.15, 0.2) is 0 Å². The number of hydrogen-bond donors (Lipinski definition) is 1. The number of nitrogens with two attached hydrogens (primary N) is 1. The highest BCUT2D eigenvalue weighted by Gasteiger charge is 2.31. The molecule has 0 aromatic heterocycles. The van der Waals surface area contributed by atoms with Crippen LogP contribution in [-0.2, 0) is 0 Å². The van der Waals surface area contributed by atoms with E-state index in [0.29, 0.717) is 23.8 Å². The van der Waals surface area contributed by atoms with Crippen molar-refractivity contribution in [1.82, 2.24) is 4.90 Å². The molecule has 0 radical (unpaired) electrons. The predicted octanol–water partition coefficient (Wildman–Crippen LogP) is 2.91. The van der Waals surface area contributed by atoms with Crippen molar-refractivity contribution in [2.45, 2.75) is 32.2 Å². The van der Waals surface area contributed by atoms with Gasteiger partial charge in [-0.3, -0.25) is 4.90 Å². The van der Waals surface area contributed by atoms with Gasteiger partial charge in [0.25, 0.3) is 0 Å². The molecule has 0 spiro atoms. The van der Waals surface area contributed by atoms with Crippen molar-refractivity contribution in [3.63, 3.8) is 0 Å². The van der Waals surface area contributed by atoms with E-state index >= 15 is 0 Å². The Morgan fingerprint density at radius 2 is 2.15 bits per heavy atom. The average molecular weight is 280 g/mol. The first-order valence-corrected chi connectivity index (χ1v) is 7.25. The number of nitrogens with zero attached hydrogens (tertiary/aromatic N) is 1. The second kappa shape index (κ2) is 6.10. The highest BCUT2D eigenvalue weighted by Crippen LogP contribution is 2.38. The third-order valence-electron chi connectivity index (χ3n) is 4.26. The van der Waals surface area contributed by atoms with E-state index in [1.165, 1.54) is 0 Å². The molecule has 0 aliphatic carbocycles. The molecule has 3 nitrogen and oxygen atoms in total. The van der Waals surface area contributed by atoms with E-state index in [-0.39, 0.29) is 17.8 Å². The highest BCUT2D eigenvalue weighted by atomic mass is 19.1. The Morgan fingerprint density at radius 1 is 1.45 bits per heavy atom. The predicted molar refractivity (Wildman–Crippen MR) is 79.6 cm³/mol. The number of hydrogen-bond acceptors (Lipinski definition) is 3. The Kier molecular flexibility index (Phi) is 4.66. The molecule has 1 aromatic carbocycles. The Balaban J connectivity index is 2.36. The van der Waals surface area contributed by atoms with Crippen LogP contribution in [-0.4, -0.2) is 32.1 Å². The topological polar surface area (TPSA) is 38.5 Å². The zero-order valence-corrected chi connectivity index (χ0v) is 12.8. The molecule has 1 aliphatic heterocycles. The number of likely N-dealkylation sites (tertiary alicyclic amines) is 1. The smallest absolute Gasteiger partial charge is 0.130 e. The van der Waals surface area contributed by atoms with Crippen LogP contribution in [0.3, 0.4) is 0 Å². The minimum Gasteiger partial charge on any atom is -0.496 e. The van der Waals surface area contributed by atoms with Crippen LogP contribution in [0.1, 0.15) is 43.4 Å². The van der Waals surface area contributed by atoms with E-state index in [2.05, 4.69) is 11.9 Å². The summed E-state index contributed by atoms with van der Waals surface area (Å²) in [6.45, 7) is 5.61. The first-order chi connectivity index (χ1) is 9.47. The molecule has 0 bridgehead atoms. The van der Waals surface area contributed by atoms with Gasteiger partial charge in [-0.15, -0.1) is 0 Å². The van der Waals surface area contributed by atoms with Crippen LogP contribution in [0.5, 0.6) is 5.75 Å². The summed E-state index contributed by atoms with van der Waals surface area (Å²) in [7, 11) is 3.67. The Labute approximate surface area is 120 Å². The van der Waals surface area contributed by atoms with E-state index in [9.17, 15) is 4.39 Å². The monoisotopic (exact) mass is 280 g/mol. The molecule has 2 N–H and O–H groups in total.